The maximum absolute atomic E-state index is 12.7. The van der Waals surface area contributed by atoms with E-state index in [0.29, 0.717) is 24.4 Å². The number of hydrogen-bond donors (Lipinski definition) is 1. The molecule has 0 unspecified atom stereocenters. The van der Waals surface area contributed by atoms with E-state index in [-0.39, 0.29) is 30.1 Å². The van der Waals surface area contributed by atoms with Gasteiger partial charge >= 0.3 is 5.97 Å². The lowest BCUT2D eigenvalue weighted by molar-refractivity contribution is -0.122. The Bertz CT molecular complexity index is 950. The van der Waals surface area contributed by atoms with Crippen LogP contribution in [0.2, 0.25) is 0 Å². The first-order valence-corrected chi connectivity index (χ1v) is 10.2. The number of aryl methyl sites for hydroxylation is 2. The molecule has 6 nitrogen and oxygen atoms in total. The van der Waals surface area contributed by atoms with Gasteiger partial charge in [-0.05, 0) is 61.2 Å². The first-order valence-electron chi connectivity index (χ1n) is 10.2. The molecule has 1 heterocycles. The van der Waals surface area contributed by atoms with E-state index in [9.17, 15) is 14.4 Å². The van der Waals surface area contributed by atoms with Gasteiger partial charge < -0.3 is 15.0 Å². The van der Waals surface area contributed by atoms with Crippen molar-refractivity contribution in [3.8, 4) is 0 Å². The predicted octanol–water partition coefficient (Wildman–Crippen LogP) is 4.11. The summed E-state index contributed by atoms with van der Waals surface area (Å²) in [5.41, 5.74) is 3.96. The molecular formula is C24H28N2O4. The number of ether oxygens (including phenoxy) is 1. The number of anilines is 2. The van der Waals surface area contributed by atoms with Crippen molar-refractivity contribution in [3.63, 3.8) is 0 Å². The highest BCUT2D eigenvalue weighted by molar-refractivity contribution is 6.04. The minimum Gasteiger partial charge on any atom is -0.462 e. The van der Waals surface area contributed by atoms with E-state index in [0.717, 1.165) is 16.8 Å². The van der Waals surface area contributed by atoms with Gasteiger partial charge in [0.05, 0.1) is 18.1 Å². The smallest absolute Gasteiger partial charge is 0.338 e. The lowest BCUT2D eigenvalue weighted by Gasteiger charge is -2.19. The molecule has 1 N–H and O–H groups in total. The van der Waals surface area contributed by atoms with Crippen LogP contribution in [-0.4, -0.2) is 30.9 Å². The zero-order valence-electron chi connectivity index (χ0n) is 17.9. The fourth-order valence-electron chi connectivity index (χ4n) is 3.39. The van der Waals surface area contributed by atoms with E-state index in [1.54, 1.807) is 29.2 Å². The highest BCUT2D eigenvalue weighted by atomic mass is 16.5. The lowest BCUT2D eigenvalue weighted by atomic mass is 10.1. The average molecular weight is 408 g/mol. The molecule has 1 fully saturated rings. The second-order valence-corrected chi connectivity index (χ2v) is 8.25. The highest BCUT2D eigenvalue weighted by Gasteiger charge is 2.35. The maximum atomic E-state index is 12.7. The zero-order valence-corrected chi connectivity index (χ0v) is 17.9. The van der Waals surface area contributed by atoms with Crippen molar-refractivity contribution in [1.29, 1.82) is 0 Å². The van der Waals surface area contributed by atoms with Gasteiger partial charge in [0.2, 0.25) is 11.8 Å². The first kappa shape index (κ1) is 21.6. The molecule has 0 bridgehead atoms. The molecule has 1 atom stereocenters. The van der Waals surface area contributed by atoms with Crippen molar-refractivity contribution in [3.05, 3.63) is 59.2 Å². The molecule has 2 aromatic carbocycles. The highest BCUT2D eigenvalue weighted by Crippen LogP contribution is 2.29. The van der Waals surface area contributed by atoms with Crippen LogP contribution >= 0.6 is 0 Å². The van der Waals surface area contributed by atoms with Crippen LogP contribution in [0, 0.1) is 25.7 Å². The van der Waals surface area contributed by atoms with Gasteiger partial charge in [-0.15, -0.1) is 0 Å². The molecule has 30 heavy (non-hydrogen) atoms. The molecule has 0 radical (unpaired) electrons. The molecule has 6 heteroatoms. The number of nitrogens with one attached hydrogen (secondary N) is 1. The molecule has 0 saturated carbocycles. The molecule has 2 amide bonds. The van der Waals surface area contributed by atoms with E-state index in [2.05, 4.69) is 5.32 Å². The summed E-state index contributed by atoms with van der Waals surface area (Å²) >= 11 is 0. The maximum Gasteiger partial charge on any atom is 0.338 e. The molecule has 3 rings (SSSR count). The standard InChI is InChI=1S/C24H28N2O4/c1-15(2)14-30-24(29)18-7-9-20(10-8-18)25-23(28)19-12-22(27)26(13-19)21-11-16(3)5-6-17(21)4/h5-11,15,19H,12-14H2,1-4H3,(H,25,28)/t19-/m0/s1. The van der Waals surface area contributed by atoms with Crippen LogP contribution in [0.15, 0.2) is 42.5 Å². The summed E-state index contributed by atoms with van der Waals surface area (Å²) in [7, 11) is 0. The molecular weight excluding hydrogens is 380 g/mol. The van der Waals surface area contributed by atoms with Crippen LogP contribution in [0.4, 0.5) is 11.4 Å². The second-order valence-electron chi connectivity index (χ2n) is 8.25. The van der Waals surface area contributed by atoms with Crippen LogP contribution in [-0.2, 0) is 14.3 Å². The summed E-state index contributed by atoms with van der Waals surface area (Å²) in [6, 6.07) is 12.6. The molecule has 158 valence electrons. The molecule has 0 spiro atoms. The van der Waals surface area contributed by atoms with Gasteiger partial charge in [0.1, 0.15) is 0 Å². The minimum atomic E-state index is -0.423. The van der Waals surface area contributed by atoms with E-state index < -0.39 is 5.92 Å². The topological polar surface area (TPSA) is 75.7 Å². The van der Waals surface area contributed by atoms with Crippen molar-refractivity contribution >= 4 is 29.2 Å². The first-order chi connectivity index (χ1) is 14.2. The van der Waals surface area contributed by atoms with Crippen molar-refractivity contribution in [2.75, 3.05) is 23.4 Å². The van der Waals surface area contributed by atoms with Crippen LogP contribution in [0.25, 0.3) is 0 Å². The molecule has 1 saturated heterocycles. The largest absolute Gasteiger partial charge is 0.462 e. The number of rotatable bonds is 6. The Balaban J connectivity index is 1.62. The minimum absolute atomic E-state index is 0.0490. The quantitative estimate of drug-likeness (QED) is 0.730. The third-order valence-electron chi connectivity index (χ3n) is 5.09. The predicted molar refractivity (Wildman–Crippen MR) is 117 cm³/mol. The van der Waals surface area contributed by atoms with E-state index >= 15 is 0 Å². The number of esters is 1. The van der Waals surface area contributed by atoms with Gasteiger partial charge in [-0.1, -0.05) is 26.0 Å². The monoisotopic (exact) mass is 408 g/mol. The Morgan fingerprint density at radius 2 is 1.83 bits per heavy atom. The van der Waals surface area contributed by atoms with Crippen LogP contribution in [0.5, 0.6) is 0 Å². The van der Waals surface area contributed by atoms with Crippen LogP contribution in [0.3, 0.4) is 0 Å². The van der Waals surface area contributed by atoms with E-state index in [4.69, 9.17) is 4.74 Å². The summed E-state index contributed by atoms with van der Waals surface area (Å²) in [6.07, 6.45) is 0.179. The normalized spacial score (nSPS) is 16.1. The SMILES string of the molecule is Cc1ccc(C)c(N2C[C@@H](C(=O)Nc3ccc(C(=O)OCC(C)C)cc3)CC2=O)c1. The van der Waals surface area contributed by atoms with Gasteiger partial charge in [0.15, 0.2) is 0 Å². The Kier molecular flexibility index (Phi) is 6.55. The van der Waals surface area contributed by atoms with E-state index in [1.807, 2.05) is 45.9 Å². The molecule has 1 aliphatic heterocycles. The van der Waals surface area contributed by atoms with Crippen molar-refractivity contribution in [2.45, 2.75) is 34.1 Å². The Morgan fingerprint density at radius 3 is 2.50 bits per heavy atom. The zero-order chi connectivity index (χ0) is 21.8. The average Bonchev–Trinajstić information content (AvgIpc) is 3.10. The summed E-state index contributed by atoms with van der Waals surface area (Å²) in [6.45, 7) is 8.61. The fraction of sp³-hybridized carbons (Fsp3) is 0.375. The number of nitrogens with zero attached hydrogens (tertiary/aromatic N) is 1. The summed E-state index contributed by atoms with van der Waals surface area (Å²) in [5.74, 6) is -0.789. The van der Waals surface area contributed by atoms with Crippen LogP contribution < -0.4 is 10.2 Å². The molecule has 0 aliphatic carbocycles. The van der Waals surface area contributed by atoms with Gasteiger partial charge in [-0.3, -0.25) is 9.59 Å². The summed E-state index contributed by atoms with van der Waals surface area (Å²) in [5, 5.41) is 2.85. The Labute approximate surface area is 177 Å². The third kappa shape index (κ3) is 5.06. The Morgan fingerprint density at radius 1 is 1.13 bits per heavy atom. The molecule has 2 aromatic rings. The van der Waals surface area contributed by atoms with Gasteiger partial charge in [0, 0.05) is 24.3 Å². The van der Waals surface area contributed by atoms with Crippen molar-refractivity contribution in [2.24, 2.45) is 11.8 Å². The summed E-state index contributed by atoms with van der Waals surface area (Å²) in [4.78, 5) is 38.9. The number of carbonyl (C=O) groups is 3. The number of hydrogen-bond acceptors (Lipinski definition) is 4. The Hall–Kier alpha value is -3.15. The summed E-state index contributed by atoms with van der Waals surface area (Å²) < 4.78 is 5.21. The van der Waals surface area contributed by atoms with Gasteiger partial charge in [-0.25, -0.2) is 4.79 Å². The molecule has 1 aliphatic rings. The van der Waals surface area contributed by atoms with Crippen molar-refractivity contribution in [1.82, 2.24) is 0 Å². The van der Waals surface area contributed by atoms with E-state index in [1.165, 1.54) is 0 Å². The molecule has 0 aromatic heterocycles. The number of carbonyl (C=O) groups excluding carboxylic acids is 3. The second kappa shape index (κ2) is 9.11. The number of benzene rings is 2. The lowest BCUT2D eigenvalue weighted by Crippen LogP contribution is -2.28. The van der Waals surface area contributed by atoms with Gasteiger partial charge in [-0.2, -0.15) is 0 Å². The fourth-order valence-corrected chi connectivity index (χ4v) is 3.39. The number of amides is 2. The van der Waals surface area contributed by atoms with Gasteiger partial charge in [0.25, 0.3) is 0 Å². The third-order valence-corrected chi connectivity index (χ3v) is 5.09. The van der Waals surface area contributed by atoms with Crippen molar-refractivity contribution < 1.29 is 19.1 Å². The van der Waals surface area contributed by atoms with Crippen LogP contribution in [0.1, 0.15) is 41.8 Å².